The first-order chi connectivity index (χ1) is 15.6. The zero-order valence-corrected chi connectivity index (χ0v) is 18.0. The zero-order chi connectivity index (χ0) is 21.7. The van der Waals surface area contributed by atoms with Gasteiger partial charge in [0.2, 0.25) is 0 Å². The number of nitrogens with zero attached hydrogens (tertiary/aromatic N) is 1. The normalized spacial score (nSPS) is 23.1. The minimum atomic E-state index is -0.182. The van der Waals surface area contributed by atoms with E-state index in [0.717, 1.165) is 49.8 Å². The van der Waals surface area contributed by atoms with Crippen molar-refractivity contribution in [3.05, 3.63) is 101 Å². The van der Waals surface area contributed by atoms with Gasteiger partial charge in [0.25, 0.3) is 0 Å². The number of nitrogens with one attached hydrogen (secondary N) is 1. The van der Waals surface area contributed by atoms with E-state index >= 15 is 0 Å². The minimum absolute atomic E-state index is 0.0294. The van der Waals surface area contributed by atoms with Crippen LogP contribution in [0.4, 0.5) is 4.39 Å². The molecular formula is C28H27FN2O. The number of fused-ring (bicyclic) bond motifs is 4. The molecule has 2 N–H and O–H groups in total. The molecule has 4 heteroatoms. The second-order valence-electron chi connectivity index (χ2n) is 9.53. The van der Waals surface area contributed by atoms with E-state index in [2.05, 4.69) is 46.3 Å². The number of phenolic OH excluding ortho intramolecular Hbond substituents is 1. The zero-order valence-electron chi connectivity index (χ0n) is 18.0. The summed E-state index contributed by atoms with van der Waals surface area (Å²) < 4.78 is 14.1. The van der Waals surface area contributed by atoms with Gasteiger partial charge in [0.1, 0.15) is 11.6 Å². The van der Waals surface area contributed by atoms with Gasteiger partial charge >= 0.3 is 0 Å². The maximum absolute atomic E-state index is 14.1. The van der Waals surface area contributed by atoms with Crippen molar-refractivity contribution in [1.82, 2.24) is 9.88 Å². The second-order valence-corrected chi connectivity index (χ2v) is 9.53. The molecule has 2 atom stereocenters. The Balaban J connectivity index is 1.41. The summed E-state index contributed by atoms with van der Waals surface area (Å²) in [6.45, 7) is 2.96. The number of halogens is 1. The van der Waals surface area contributed by atoms with Gasteiger partial charge in [-0.15, -0.1) is 0 Å². The van der Waals surface area contributed by atoms with Gasteiger partial charge in [-0.3, -0.25) is 4.90 Å². The van der Waals surface area contributed by atoms with Crippen molar-refractivity contribution < 1.29 is 9.50 Å². The topological polar surface area (TPSA) is 39.3 Å². The summed E-state index contributed by atoms with van der Waals surface area (Å²) in [6, 6.07) is 23.5. The number of rotatable bonds is 3. The van der Waals surface area contributed by atoms with Crippen molar-refractivity contribution in [1.29, 1.82) is 0 Å². The number of benzene rings is 3. The van der Waals surface area contributed by atoms with Gasteiger partial charge in [0.05, 0.1) is 0 Å². The first-order valence-electron chi connectivity index (χ1n) is 11.5. The molecule has 0 radical (unpaired) electrons. The summed E-state index contributed by atoms with van der Waals surface area (Å²) in [5, 5.41) is 11.3. The molecule has 162 valence electrons. The molecule has 3 aromatic carbocycles. The highest BCUT2D eigenvalue weighted by Crippen LogP contribution is 2.49. The maximum Gasteiger partial charge on any atom is 0.123 e. The standard InChI is InChI=1S/C28H27FN2O/c29-22-9-10-26-25(15-22)24-14-21-18-31(17-19-5-2-1-3-6-19)12-11-28(21,16-27(24)30-26)20-7-4-8-23(32)13-20/h1-10,13,15,21,30,32H,11-12,14,16-18H2. The first-order valence-corrected chi connectivity index (χ1v) is 11.5. The Morgan fingerprint density at radius 3 is 2.75 bits per heavy atom. The van der Waals surface area contributed by atoms with E-state index in [9.17, 15) is 9.50 Å². The summed E-state index contributed by atoms with van der Waals surface area (Å²) in [5.41, 5.74) is 6.03. The van der Waals surface area contributed by atoms with Crippen LogP contribution in [0.2, 0.25) is 0 Å². The fraction of sp³-hybridized carbons (Fsp3) is 0.286. The Morgan fingerprint density at radius 2 is 1.91 bits per heavy atom. The number of aromatic hydroxyl groups is 1. The highest BCUT2D eigenvalue weighted by Gasteiger charge is 2.48. The minimum Gasteiger partial charge on any atom is -0.508 e. The van der Waals surface area contributed by atoms with E-state index in [1.807, 2.05) is 18.2 Å². The van der Waals surface area contributed by atoms with Crippen molar-refractivity contribution in [2.24, 2.45) is 5.92 Å². The summed E-state index contributed by atoms with van der Waals surface area (Å²) in [6.07, 6.45) is 2.85. The molecule has 2 aliphatic rings. The number of H-pyrrole nitrogens is 1. The van der Waals surface area contributed by atoms with Gasteiger partial charge in [-0.1, -0.05) is 42.5 Å². The van der Waals surface area contributed by atoms with Crippen LogP contribution >= 0.6 is 0 Å². The van der Waals surface area contributed by atoms with Crippen LogP contribution in [0.15, 0.2) is 72.8 Å². The molecule has 2 unspecified atom stereocenters. The summed E-state index contributed by atoms with van der Waals surface area (Å²) in [5.74, 6) is 0.543. The fourth-order valence-corrected chi connectivity index (χ4v) is 6.14. The lowest BCUT2D eigenvalue weighted by Crippen LogP contribution is -2.53. The number of hydrogen-bond donors (Lipinski definition) is 2. The van der Waals surface area contributed by atoms with Crippen molar-refractivity contribution in [3.8, 4) is 5.75 Å². The fourth-order valence-electron chi connectivity index (χ4n) is 6.14. The predicted octanol–water partition coefficient (Wildman–Crippen LogP) is 5.57. The Hall–Kier alpha value is -3.11. The Kier molecular flexibility index (Phi) is 4.58. The lowest BCUT2D eigenvalue weighted by Gasteiger charge is -2.51. The number of likely N-dealkylation sites (tertiary alicyclic amines) is 1. The molecule has 3 nitrogen and oxygen atoms in total. The molecule has 1 aromatic heterocycles. The molecule has 1 fully saturated rings. The monoisotopic (exact) mass is 426 g/mol. The number of hydrogen-bond acceptors (Lipinski definition) is 2. The second kappa shape index (κ2) is 7.49. The van der Waals surface area contributed by atoms with E-state index in [0.29, 0.717) is 11.7 Å². The van der Waals surface area contributed by atoms with Crippen molar-refractivity contribution in [3.63, 3.8) is 0 Å². The SMILES string of the molecule is Oc1cccc(C23CCN(Cc4ccccc4)CC2Cc2c([nH]c4ccc(F)cc24)C3)c1. The maximum atomic E-state index is 14.1. The average Bonchev–Trinajstić information content (AvgIpc) is 3.14. The van der Waals surface area contributed by atoms with Gasteiger partial charge in [0, 0.05) is 35.1 Å². The highest BCUT2D eigenvalue weighted by atomic mass is 19.1. The predicted molar refractivity (Wildman–Crippen MR) is 125 cm³/mol. The van der Waals surface area contributed by atoms with Crippen LogP contribution in [0.3, 0.4) is 0 Å². The molecular weight excluding hydrogens is 399 g/mol. The molecule has 2 heterocycles. The third kappa shape index (κ3) is 3.21. The van der Waals surface area contributed by atoms with Crippen LogP contribution in [-0.4, -0.2) is 28.1 Å². The van der Waals surface area contributed by atoms with Crippen LogP contribution in [0.25, 0.3) is 10.9 Å². The van der Waals surface area contributed by atoms with Crippen molar-refractivity contribution in [2.45, 2.75) is 31.2 Å². The van der Waals surface area contributed by atoms with Gasteiger partial charge in [0.15, 0.2) is 0 Å². The molecule has 4 aromatic rings. The lowest BCUT2D eigenvalue weighted by atomic mass is 9.58. The lowest BCUT2D eigenvalue weighted by molar-refractivity contribution is 0.0765. The quantitative estimate of drug-likeness (QED) is 0.449. The summed E-state index contributed by atoms with van der Waals surface area (Å²) >= 11 is 0. The van der Waals surface area contributed by atoms with E-state index in [4.69, 9.17) is 0 Å². The van der Waals surface area contributed by atoms with Gasteiger partial charge in [-0.05, 0) is 78.7 Å². The van der Waals surface area contributed by atoms with Gasteiger partial charge < -0.3 is 10.1 Å². The summed E-state index contributed by atoms with van der Waals surface area (Å²) in [4.78, 5) is 6.15. The molecule has 1 aliphatic heterocycles. The van der Waals surface area contributed by atoms with Gasteiger partial charge in [-0.25, -0.2) is 4.39 Å². The van der Waals surface area contributed by atoms with Crippen LogP contribution in [-0.2, 0) is 24.8 Å². The number of phenols is 1. The molecule has 1 saturated heterocycles. The van der Waals surface area contributed by atoms with E-state index in [1.165, 1.54) is 28.5 Å². The van der Waals surface area contributed by atoms with Crippen LogP contribution in [0.1, 0.15) is 28.8 Å². The van der Waals surface area contributed by atoms with E-state index in [1.54, 1.807) is 12.1 Å². The highest BCUT2D eigenvalue weighted by molar-refractivity contribution is 5.85. The largest absolute Gasteiger partial charge is 0.508 e. The van der Waals surface area contributed by atoms with Crippen molar-refractivity contribution in [2.75, 3.05) is 13.1 Å². The third-order valence-corrected chi connectivity index (χ3v) is 7.70. The molecule has 0 saturated carbocycles. The Labute approximate surface area is 187 Å². The Morgan fingerprint density at radius 1 is 1.03 bits per heavy atom. The summed E-state index contributed by atoms with van der Waals surface area (Å²) in [7, 11) is 0. The van der Waals surface area contributed by atoms with Gasteiger partial charge in [-0.2, -0.15) is 0 Å². The average molecular weight is 427 g/mol. The molecule has 0 spiro atoms. The Bertz CT molecular complexity index is 1280. The van der Waals surface area contributed by atoms with Crippen LogP contribution in [0.5, 0.6) is 5.75 Å². The van der Waals surface area contributed by atoms with E-state index < -0.39 is 0 Å². The smallest absolute Gasteiger partial charge is 0.123 e. The van der Waals surface area contributed by atoms with Crippen molar-refractivity contribution >= 4 is 10.9 Å². The van der Waals surface area contributed by atoms with Crippen LogP contribution in [0, 0.1) is 11.7 Å². The molecule has 32 heavy (non-hydrogen) atoms. The number of aromatic amines is 1. The number of piperidine rings is 1. The molecule has 6 rings (SSSR count). The molecule has 0 amide bonds. The number of aromatic nitrogens is 1. The van der Waals surface area contributed by atoms with E-state index in [-0.39, 0.29) is 11.2 Å². The first kappa shape index (κ1) is 19.6. The van der Waals surface area contributed by atoms with Crippen LogP contribution < -0.4 is 0 Å². The third-order valence-electron chi connectivity index (χ3n) is 7.70. The molecule has 0 bridgehead atoms. The molecule has 1 aliphatic carbocycles.